The summed E-state index contributed by atoms with van der Waals surface area (Å²) in [6.45, 7) is 5.37. The van der Waals surface area contributed by atoms with Crippen LogP contribution in [0.3, 0.4) is 0 Å². The van der Waals surface area contributed by atoms with E-state index in [0.29, 0.717) is 0 Å². The molecule has 0 atom stereocenters. The molecule has 0 bridgehead atoms. The monoisotopic (exact) mass is 322 g/mol. The molecule has 1 N–H and O–H groups in total. The molecule has 0 unspecified atom stereocenters. The summed E-state index contributed by atoms with van der Waals surface area (Å²) in [5, 5.41) is 2.08. The lowest BCUT2D eigenvalue weighted by Crippen LogP contribution is -2.26. The Bertz CT molecular complexity index is 566. The second-order valence-electron chi connectivity index (χ2n) is 5.64. The quantitative estimate of drug-likeness (QED) is 0.679. The highest BCUT2D eigenvalue weighted by atomic mass is 35.5. The average molecular weight is 323 g/mol. The molecule has 0 spiro atoms. The summed E-state index contributed by atoms with van der Waals surface area (Å²) in [6.07, 6.45) is -5.00. The van der Waals surface area contributed by atoms with Crippen molar-refractivity contribution >= 4 is 29.1 Å². The number of carbonyl (C=O) groups excluding carboxylic acids is 2. The first-order valence-corrected chi connectivity index (χ1v) is 6.36. The molecule has 0 saturated heterocycles. The zero-order valence-corrected chi connectivity index (χ0v) is 12.4. The highest BCUT2D eigenvalue weighted by Crippen LogP contribution is 2.27. The molecule has 0 saturated carbocycles. The molecule has 21 heavy (non-hydrogen) atoms. The van der Waals surface area contributed by atoms with Crippen molar-refractivity contribution in [1.82, 2.24) is 4.98 Å². The van der Waals surface area contributed by atoms with E-state index in [-0.39, 0.29) is 17.0 Å². The van der Waals surface area contributed by atoms with E-state index in [1.54, 1.807) is 20.8 Å². The van der Waals surface area contributed by atoms with E-state index in [2.05, 4.69) is 10.3 Å². The third-order valence-corrected chi connectivity index (χ3v) is 2.52. The Morgan fingerprint density at radius 2 is 1.81 bits per heavy atom. The number of rotatable bonds is 3. The van der Waals surface area contributed by atoms with E-state index in [0.717, 1.165) is 12.1 Å². The zero-order chi connectivity index (χ0) is 16.4. The normalized spacial score (nSPS) is 12.1. The lowest BCUT2D eigenvalue weighted by molar-refractivity contribution is -0.117. The Kier molecular flexibility index (Phi) is 4.99. The maximum atomic E-state index is 12.5. The molecular weight excluding hydrogens is 309 g/mol. The lowest BCUT2D eigenvalue weighted by atomic mass is 9.92. The number of hydrogen-bond donors (Lipinski definition) is 1. The number of amides is 1. The van der Waals surface area contributed by atoms with Gasteiger partial charge in [-0.25, -0.2) is 4.98 Å². The second-order valence-corrected chi connectivity index (χ2v) is 6.03. The highest BCUT2D eigenvalue weighted by Gasteiger charge is 2.41. The van der Waals surface area contributed by atoms with Crippen LogP contribution in [-0.4, -0.2) is 22.9 Å². The van der Waals surface area contributed by atoms with Gasteiger partial charge in [0.2, 0.25) is 5.91 Å². The highest BCUT2D eigenvalue weighted by molar-refractivity contribution is 6.29. The van der Waals surface area contributed by atoms with Crippen LogP contribution in [0.4, 0.5) is 19.0 Å². The molecule has 0 fully saturated rings. The van der Waals surface area contributed by atoms with Gasteiger partial charge in [-0.15, -0.1) is 0 Å². The molecule has 0 aliphatic rings. The molecule has 1 aromatic heterocycles. The lowest BCUT2D eigenvalue weighted by Gasteiger charge is -2.18. The summed E-state index contributed by atoms with van der Waals surface area (Å²) in [4.78, 5) is 26.7. The van der Waals surface area contributed by atoms with E-state index < -0.39 is 29.2 Å². The largest absolute Gasteiger partial charge is 0.455 e. The third-order valence-electron chi connectivity index (χ3n) is 2.31. The van der Waals surface area contributed by atoms with Gasteiger partial charge in [0, 0.05) is 6.42 Å². The van der Waals surface area contributed by atoms with Gasteiger partial charge < -0.3 is 5.32 Å². The van der Waals surface area contributed by atoms with E-state index in [4.69, 9.17) is 11.6 Å². The van der Waals surface area contributed by atoms with Crippen molar-refractivity contribution in [3.8, 4) is 0 Å². The fraction of sp³-hybridized carbons (Fsp3) is 0.462. The van der Waals surface area contributed by atoms with Crippen LogP contribution in [0.1, 0.15) is 37.6 Å². The smallest absolute Gasteiger partial charge is 0.310 e. The number of aromatic nitrogens is 1. The van der Waals surface area contributed by atoms with Crippen LogP contribution in [-0.2, 0) is 4.79 Å². The Morgan fingerprint density at radius 3 is 2.29 bits per heavy atom. The Labute approximate surface area is 124 Å². The average Bonchev–Trinajstić information content (AvgIpc) is 2.24. The van der Waals surface area contributed by atoms with Crippen LogP contribution in [0.15, 0.2) is 12.1 Å². The van der Waals surface area contributed by atoms with Crippen molar-refractivity contribution in [2.45, 2.75) is 33.4 Å². The minimum absolute atomic E-state index is 0.0564. The van der Waals surface area contributed by atoms with Crippen LogP contribution in [0.2, 0.25) is 5.15 Å². The van der Waals surface area contributed by atoms with Gasteiger partial charge in [-0.1, -0.05) is 32.4 Å². The summed E-state index contributed by atoms with van der Waals surface area (Å²) in [6, 6.07) is 1.94. The summed E-state index contributed by atoms with van der Waals surface area (Å²) >= 11 is 5.60. The third kappa shape index (κ3) is 5.34. The molecule has 4 nitrogen and oxygen atoms in total. The fourth-order valence-electron chi connectivity index (χ4n) is 1.52. The maximum absolute atomic E-state index is 12.5. The standard InChI is InChI=1S/C13H14ClF3N2O2/c1-12(2,3)6-9(20)19-11-7(4-5-8(14)18-11)10(21)13(15,16)17/h4-5H,6H2,1-3H3,(H,18,19,20). The predicted octanol–water partition coefficient (Wildman–Crippen LogP) is 3.85. The summed E-state index contributed by atoms with van der Waals surface area (Å²) in [7, 11) is 0. The molecular formula is C13H14ClF3N2O2. The number of halogens is 4. The van der Waals surface area contributed by atoms with Crippen LogP contribution >= 0.6 is 11.6 Å². The van der Waals surface area contributed by atoms with Crippen molar-refractivity contribution < 1.29 is 22.8 Å². The van der Waals surface area contributed by atoms with Crippen LogP contribution in [0.25, 0.3) is 0 Å². The van der Waals surface area contributed by atoms with Gasteiger partial charge in [-0.2, -0.15) is 13.2 Å². The van der Waals surface area contributed by atoms with Gasteiger partial charge in [0.1, 0.15) is 11.0 Å². The minimum Gasteiger partial charge on any atom is -0.310 e. The number of Topliss-reactive ketones (excluding diaryl/α,β-unsaturated/α-hetero) is 1. The van der Waals surface area contributed by atoms with Crippen LogP contribution < -0.4 is 5.32 Å². The molecule has 0 aliphatic carbocycles. The molecule has 116 valence electrons. The van der Waals surface area contributed by atoms with E-state index in [9.17, 15) is 22.8 Å². The van der Waals surface area contributed by atoms with Gasteiger partial charge >= 0.3 is 6.18 Å². The van der Waals surface area contributed by atoms with Gasteiger partial charge in [0.15, 0.2) is 0 Å². The van der Waals surface area contributed by atoms with Gasteiger partial charge in [-0.3, -0.25) is 9.59 Å². The molecule has 1 aromatic rings. The van der Waals surface area contributed by atoms with E-state index in [1.807, 2.05) is 0 Å². The van der Waals surface area contributed by atoms with Crippen molar-refractivity contribution in [3.05, 3.63) is 22.8 Å². The van der Waals surface area contributed by atoms with Crippen LogP contribution in [0.5, 0.6) is 0 Å². The minimum atomic E-state index is -5.06. The number of ketones is 1. The van der Waals surface area contributed by atoms with E-state index in [1.165, 1.54) is 0 Å². The van der Waals surface area contributed by atoms with Gasteiger partial charge in [0.05, 0.1) is 5.56 Å². The molecule has 1 heterocycles. The first-order valence-electron chi connectivity index (χ1n) is 5.98. The molecule has 0 aliphatic heterocycles. The molecule has 8 heteroatoms. The Hall–Kier alpha value is -1.63. The SMILES string of the molecule is CC(C)(C)CC(=O)Nc1nc(Cl)ccc1C(=O)C(F)(F)F. The number of hydrogen-bond acceptors (Lipinski definition) is 3. The Balaban J connectivity index is 3.09. The number of nitrogens with one attached hydrogen (secondary N) is 1. The van der Waals surface area contributed by atoms with E-state index >= 15 is 0 Å². The maximum Gasteiger partial charge on any atom is 0.455 e. The van der Waals surface area contributed by atoms with Gasteiger partial charge in [-0.05, 0) is 17.5 Å². The zero-order valence-electron chi connectivity index (χ0n) is 11.6. The molecule has 1 amide bonds. The molecule has 1 rings (SSSR count). The van der Waals surface area contributed by atoms with Crippen molar-refractivity contribution in [3.63, 3.8) is 0 Å². The second kappa shape index (κ2) is 6.01. The van der Waals surface area contributed by atoms with Crippen molar-refractivity contribution in [2.24, 2.45) is 5.41 Å². The van der Waals surface area contributed by atoms with Crippen molar-refractivity contribution in [1.29, 1.82) is 0 Å². The molecule has 0 radical (unpaired) electrons. The molecule has 0 aromatic carbocycles. The number of anilines is 1. The van der Waals surface area contributed by atoms with Gasteiger partial charge in [0.25, 0.3) is 5.78 Å². The predicted molar refractivity (Wildman–Crippen MR) is 72.3 cm³/mol. The summed E-state index contributed by atoms with van der Waals surface area (Å²) in [5.41, 5.74) is -1.11. The number of pyridine rings is 1. The summed E-state index contributed by atoms with van der Waals surface area (Å²) < 4.78 is 37.5. The fourth-order valence-corrected chi connectivity index (χ4v) is 1.67. The number of carbonyl (C=O) groups is 2. The Morgan fingerprint density at radius 1 is 1.24 bits per heavy atom. The van der Waals surface area contributed by atoms with Crippen molar-refractivity contribution in [2.75, 3.05) is 5.32 Å². The first-order chi connectivity index (χ1) is 9.40. The summed E-state index contributed by atoms with van der Waals surface area (Å²) in [5.74, 6) is -3.12. The van der Waals surface area contributed by atoms with Crippen LogP contribution in [0, 0.1) is 5.41 Å². The first kappa shape index (κ1) is 17.4. The topological polar surface area (TPSA) is 59.1 Å². The number of alkyl halides is 3. The number of nitrogens with zero attached hydrogens (tertiary/aromatic N) is 1.